The van der Waals surface area contributed by atoms with E-state index < -0.39 is 11.1 Å². The summed E-state index contributed by atoms with van der Waals surface area (Å²) in [5, 5.41) is -0.708. The number of rotatable bonds is 1. The van der Waals surface area contributed by atoms with Gasteiger partial charge in [0.2, 0.25) is 5.01 Å². The molecule has 0 rings (SSSR count). The molecule has 1 atom stereocenters. The summed E-state index contributed by atoms with van der Waals surface area (Å²) in [7, 11) is 0. The van der Waals surface area contributed by atoms with Crippen molar-refractivity contribution in [2.75, 3.05) is 0 Å². The number of ether oxygens (including phenoxy) is 1. The molecule has 0 aliphatic carbocycles. The van der Waals surface area contributed by atoms with Crippen LogP contribution >= 0.6 is 15.9 Å². The first-order valence-electron chi connectivity index (χ1n) is 1.73. The van der Waals surface area contributed by atoms with Crippen LogP contribution in [0.3, 0.4) is 0 Å². The Morgan fingerprint density at radius 1 is 2.00 bits per heavy atom. The fraction of sp³-hybridized carbons (Fsp3) is 0.250. The van der Waals surface area contributed by atoms with E-state index >= 15 is 0 Å². The number of hydrogen-bond acceptors (Lipinski definition) is 2. The number of terminal acetylenes is 1. The lowest BCUT2D eigenvalue weighted by atomic mass is 10.7. The molecule has 44 valence electrons. The van der Waals surface area contributed by atoms with Crippen LogP contribution in [0.1, 0.15) is 0 Å². The highest BCUT2D eigenvalue weighted by Gasteiger charge is 1.99. The van der Waals surface area contributed by atoms with Crippen molar-refractivity contribution in [3.8, 4) is 12.3 Å². The van der Waals surface area contributed by atoms with Crippen LogP contribution in [0.5, 0.6) is 0 Å². The molecule has 2 N–H and O–H groups in total. The van der Waals surface area contributed by atoms with E-state index in [9.17, 15) is 4.79 Å². The molecule has 8 heavy (non-hydrogen) atoms. The molecular weight excluding hydrogens is 174 g/mol. The Balaban J connectivity index is 3.43. The van der Waals surface area contributed by atoms with E-state index in [1.807, 2.05) is 0 Å². The summed E-state index contributed by atoms with van der Waals surface area (Å²) in [6.07, 6.45) is 3.91. The molecule has 0 aliphatic rings. The number of alkyl halides is 1. The molecule has 0 spiro atoms. The SMILES string of the molecule is C#CC(Br)OC(N)=O. The number of carbonyl (C=O) groups excluding carboxylic acids is 1. The fourth-order valence-electron chi connectivity index (χ4n) is 0.136. The van der Waals surface area contributed by atoms with Crippen LogP contribution in [0.25, 0.3) is 0 Å². The molecule has 3 nitrogen and oxygen atoms in total. The Kier molecular flexibility index (Phi) is 3.04. The van der Waals surface area contributed by atoms with E-state index in [0.29, 0.717) is 0 Å². The molecule has 1 unspecified atom stereocenters. The number of halogens is 1. The number of hydrogen-bond donors (Lipinski definition) is 1. The third kappa shape index (κ3) is 3.50. The standard InChI is InChI=1S/C4H4BrNO2/c1-2-3(5)8-4(6)7/h1,3H,(H2,6,7). The molecule has 0 aromatic rings. The van der Waals surface area contributed by atoms with Gasteiger partial charge in [0.05, 0.1) is 0 Å². The molecule has 0 saturated carbocycles. The lowest BCUT2D eigenvalue weighted by molar-refractivity contribution is 0.164. The van der Waals surface area contributed by atoms with Gasteiger partial charge in [0.1, 0.15) is 0 Å². The van der Waals surface area contributed by atoms with Gasteiger partial charge in [-0.15, -0.1) is 6.42 Å². The predicted octanol–water partition coefficient (Wildman–Crippen LogP) is 0.436. The lowest BCUT2D eigenvalue weighted by Crippen LogP contribution is -2.16. The van der Waals surface area contributed by atoms with Crippen molar-refractivity contribution in [2.24, 2.45) is 5.73 Å². The van der Waals surface area contributed by atoms with Crippen molar-refractivity contribution in [3.63, 3.8) is 0 Å². The van der Waals surface area contributed by atoms with Gasteiger partial charge in [0.25, 0.3) is 0 Å². The highest BCUT2D eigenvalue weighted by Crippen LogP contribution is 1.97. The van der Waals surface area contributed by atoms with Crippen LogP contribution in [0.15, 0.2) is 0 Å². The van der Waals surface area contributed by atoms with Gasteiger partial charge in [-0.05, 0) is 15.9 Å². The normalized spacial score (nSPS) is 11.5. The summed E-state index contributed by atoms with van der Waals surface area (Å²) in [6, 6.07) is 0. The molecule has 0 fully saturated rings. The van der Waals surface area contributed by atoms with Gasteiger partial charge in [0, 0.05) is 0 Å². The van der Waals surface area contributed by atoms with Crippen LogP contribution in [-0.4, -0.2) is 11.1 Å². The Morgan fingerprint density at radius 2 is 2.50 bits per heavy atom. The number of amides is 1. The van der Waals surface area contributed by atoms with Gasteiger partial charge in [-0.3, -0.25) is 0 Å². The van der Waals surface area contributed by atoms with Gasteiger partial charge < -0.3 is 10.5 Å². The monoisotopic (exact) mass is 177 g/mol. The zero-order valence-electron chi connectivity index (χ0n) is 3.93. The molecule has 0 saturated heterocycles. The van der Waals surface area contributed by atoms with Gasteiger partial charge >= 0.3 is 6.09 Å². The number of primary amides is 1. The zero-order valence-corrected chi connectivity index (χ0v) is 5.51. The van der Waals surface area contributed by atoms with Crippen molar-refractivity contribution < 1.29 is 9.53 Å². The van der Waals surface area contributed by atoms with Crippen LogP contribution in [0, 0.1) is 12.3 Å². The maximum Gasteiger partial charge on any atom is 0.406 e. The lowest BCUT2D eigenvalue weighted by Gasteiger charge is -1.98. The van der Waals surface area contributed by atoms with E-state index in [2.05, 4.69) is 32.3 Å². The Morgan fingerprint density at radius 3 is 2.62 bits per heavy atom. The maximum atomic E-state index is 9.84. The van der Waals surface area contributed by atoms with Gasteiger partial charge in [-0.1, -0.05) is 5.92 Å². The predicted molar refractivity (Wildman–Crippen MR) is 32.2 cm³/mol. The first-order chi connectivity index (χ1) is 3.66. The van der Waals surface area contributed by atoms with Crippen LogP contribution in [0.2, 0.25) is 0 Å². The quantitative estimate of drug-likeness (QED) is 0.467. The van der Waals surface area contributed by atoms with Crippen LogP contribution in [-0.2, 0) is 4.74 Å². The molecule has 0 aromatic carbocycles. The first-order valence-corrected chi connectivity index (χ1v) is 2.64. The summed E-state index contributed by atoms with van der Waals surface area (Å²) in [6.45, 7) is 0. The smallest absolute Gasteiger partial charge is 0.406 e. The summed E-state index contributed by atoms with van der Waals surface area (Å²) in [5.74, 6) is 2.09. The molecule has 0 aliphatic heterocycles. The average Bonchev–Trinajstić information content (AvgIpc) is 1.65. The third-order valence-corrected chi connectivity index (χ3v) is 0.802. The largest absolute Gasteiger partial charge is 0.422 e. The second-order valence-corrected chi connectivity index (χ2v) is 1.75. The van der Waals surface area contributed by atoms with Crippen molar-refractivity contribution in [3.05, 3.63) is 0 Å². The van der Waals surface area contributed by atoms with Crippen molar-refractivity contribution in [1.82, 2.24) is 0 Å². The molecule has 0 heterocycles. The molecule has 0 aromatic heterocycles. The van der Waals surface area contributed by atoms with E-state index in [-0.39, 0.29) is 0 Å². The van der Waals surface area contributed by atoms with Crippen LogP contribution < -0.4 is 5.73 Å². The van der Waals surface area contributed by atoms with Crippen molar-refractivity contribution in [1.29, 1.82) is 0 Å². The highest BCUT2D eigenvalue weighted by atomic mass is 79.9. The second kappa shape index (κ2) is 3.33. The minimum atomic E-state index is -0.884. The van der Waals surface area contributed by atoms with E-state index in [0.717, 1.165) is 0 Å². The maximum absolute atomic E-state index is 9.84. The second-order valence-electron chi connectivity index (χ2n) is 0.920. The fourth-order valence-corrected chi connectivity index (χ4v) is 0.320. The Hall–Kier alpha value is -0.690. The molecule has 1 amide bonds. The summed E-state index contributed by atoms with van der Waals surface area (Å²) < 4.78 is 4.22. The van der Waals surface area contributed by atoms with Crippen molar-refractivity contribution >= 4 is 22.0 Å². The number of nitrogens with two attached hydrogens (primary N) is 1. The van der Waals surface area contributed by atoms with Gasteiger partial charge in [-0.2, -0.15) is 0 Å². The summed E-state index contributed by atoms with van der Waals surface area (Å²) in [5.41, 5.74) is 4.58. The zero-order chi connectivity index (χ0) is 6.57. The van der Waals surface area contributed by atoms with Gasteiger partial charge in [-0.25, -0.2) is 4.79 Å². The summed E-state index contributed by atoms with van der Waals surface area (Å²) >= 11 is 2.82. The van der Waals surface area contributed by atoms with Crippen LogP contribution in [0.4, 0.5) is 4.79 Å². The minimum absolute atomic E-state index is 0.708. The van der Waals surface area contributed by atoms with Gasteiger partial charge in [0.15, 0.2) is 0 Å². The molecule has 0 bridgehead atoms. The first kappa shape index (κ1) is 7.31. The summed E-state index contributed by atoms with van der Waals surface area (Å²) in [4.78, 5) is 9.84. The number of carbonyl (C=O) groups is 1. The molecule has 0 radical (unpaired) electrons. The molecular formula is C4H4BrNO2. The van der Waals surface area contributed by atoms with E-state index in [1.54, 1.807) is 0 Å². The average molecular weight is 178 g/mol. The Bertz CT molecular complexity index is 128. The molecule has 4 heteroatoms. The third-order valence-electron chi connectivity index (χ3n) is 0.351. The Labute approximate surface area is 55.3 Å². The van der Waals surface area contributed by atoms with E-state index in [1.165, 1.54) is 0 Å². The van der Waals surface area contributed by atoms with Crippen molar-refractivity contribution in [2.45, 2.75) is 5.01 Å². The topological polar surface area (TPSA) is 52.3 Å². The highest BCUT2D eigenvalue weighted by molar-refractivity contribution is 9.09. The minimum Gasteiger partial charge on any atom is -0.422 e. The van der Waals surface area contributed by atoms with E-state index in [4.69, 9.17) is 6.42 Å².